The molecule has 3 aromatic carbocycles. The molecule has 4 rings (SSSR count). The number of nitrogens with one attached hydrogen (secondary N) is 1. The Morgan fingerprint density at radius 2 is 1.54 bits per heavy atom. The van der Waals surface area contributed by atoms with Crippen LogP contribution in [-0.2, 0) is 4.57 Å². The maximum Gasteiger partial charge on any atom is 0.303 e. The van der Waals surface area contributed by atoms with E-state index < -0.39 is 13.2 Å². The summed E-state index contributed by atoms with van der Waals surface area (Å²) in [5.74, 6) is 0.225. The Balaban J connectivity index is 1.88. The van der Waals surface area contributed by atoms with Gasteiger partial charge in [0, 0.05) is 0 Å². The van der Waals surface area contributed by atoms with Crippen molar-refractivity contribution in [2.24, 2.45) is 0 Å². The largest absolute Gasteiger partial charge is 0.436 e. The van der Waals surface area contributed by atoms with E-state index in [9.17, 15) is 4.57 Å². The molecule has 2 atom stereocenters. The van der Waals surface area contributed by atoms with Crippen molar-refractivity contribution in [3.63, 3.8) is 0 Å². The van der Waals surface area contributed by atoms with Crippen molar-refractivity contribution in [3.05, 3.63) is 90.0 Å². The Morgan fingerprint density at radius 1 is 0.875 bits per heavy atom. The smallest absolute Gasteiger partial charge is 0.303 e. The number of anilines is 1. The molecule has 1 heterocycles. The number of para-hydroxylation sites is 2. The van der Waals surface area contributed by atoms with Gasteiger partial charge in [0.1, 0.15) is 11.5 Å². The van der Waals surface area contributed by atoms with E-state index in [0.717, 1.165) is 16.6 Å². The Labute approximate surface area is 141 Å². The van der Waals surface area contributed by atoms with Crippen LogP contribution in [-0.4, -0.2) is 0 Å². The normalized spacial score (nSPS) is 22.1. The molecule has 0 aromatic heterocycles. The van der Waals surface area contributed by atoms with Crippen LogP contribution >= 0.6 is 7.37 Å². The summed E-state index contributed by atoms with van der Waals surface area (Å²) >= 11 is 0. The average molecular weight is 335 g/mol. The van der Waals surface area contributed by atoms with Gasteiger partial charge in [-0.1, -0.05) is 60.2 Å². The summed E-state index contributed by atoms with van der Waals surface area (Å²) < 4.78 is 20.0. The SMILES string of the molecule is Cc1ccc([C@H]2Nc3ccccc3O[P@@]2(=O)c2ccccc2)cc1. The molecule has 0 radical (unpaired) electrons. The summed E-state index contributed by atoms with van der Waals surface area (Å²) in [5, 5.41) is 4.15. The number of fused-ring (bicyclic) bond motifs is 1. The van der Waals surface area contributed by atoms with Gasteiger partial charge in [0.15, 0.2) is 0 Å². The second kappa shape index (κ2) is 5.85. The third-order valence-corrected chi connectivity index (χ3v) is 6.86. The number of rotatable bonds is 2. The lowest BCUT2D eigenvalue weighted by molar-refractivity contribution is 0.477. The molecule has 3 aromatic rings. The quantitative estimate of drug-likeness (QED) is 0.662. The Hall–Kier alpha value is -2.51. The summed E-state index contributed by atoms with van der Waals surface area (Å²) in [5.41, 5.74) is 3.00. The molecule has 0 amide bonds. The number of hydrogen-bond donors (Lipinski definition) is 1. The molecule has 0 bridgehead atoms. The molecule has 1 aliphatic heterocycles. The van der Waals surface area contributed by atoms with Crippen molar-refractivity contribution in [1.29, 1.82) is 0 Å². The van der Waals surface area contributed by atoms with E-state index >= 15 is 0 Å². The van der Waals surface area contributed by atoms with Crippen LogP contribution in [0.25, 0.3) is 0 Å². The number of hydrogen-bond acceptors (Lipinski definition) is 3. The highest BCUT2D eigenvalue weighted by Crippen LogP contribution is 2.62. The molecule has 3 nitrogen and oxygen atoms in total. The third kappa shape index (κ3) is 2.51. The van der Waals surface area contributed by atoms with Gasteiger partial charge in [0.25, 0.3) is 0 Å². The number of benzene rings is 3. The zero-order chi connectivity index (χ0) is 16.6. The van der Waals surface area contributed by atoms with Crippen LogP contribution in [0.1, 0.15) is 16.9 Å². The monoisotopic (exact) mass is 335 g/mol. The van der Waals surface area contributed by atoms with Crippen LogP contribution in [0, 0.1) is 6.92 Å². The van der Waals surface area contributed by atoms with Crippen LogP contribution in [0.3, 0.4) is 0 Å². The second-order valence-electron chi connectivity index (χ2n) is 5.98. The van der Waals surface area contributed by atoms with Crippen LogP contribution in [0.5, 0.6) is 5.75 Å². The minimum atomic E-state index is -3.16. The molecule has 0 spiro atoms. The fraction of sp³-hybridized carbons (Fsp3) is 0.100. The highest BCUT2D eigenvalue weighted by Gasteiger charge is 2.42. The van der Waals surface area contributed by atoms with E-state index in [1.54, 1.807) is 0 Å². The van der Waals surface area contributed by atoms with Gasteiger partial charge in [0.2, 0.25) is 0 Å². The number of aryl methyl sites for hydroxylation is 1. The zero-order valence-corrected chi connectivity index (χ0v) is 14.2. The lowest BCUT2D eigenvalue weighted by Gasteiger charge is -2.35. The zero-order valence-electron chi connectivity index (χ0n) is 13.3. The van der Waals surface area contributed by atoms with Crippen LogP contribution in [0.15, 0.2) is 78.9 Å². The van der Waals surface area contributed by atoms with Gasteiger partial charge in [-0.25, -0.2) is 0 Å². The van der Waals surface area contributed by atoms with Gasteiger partial charge in [-0.3, -0.25) is 4.57 Å². The van der Waals surface area contributed by atoms with Crippen molar-refractivity contribution in [2.45, 2.75) is 12.7 Å². The summed E-state index contributed by atoms with van der Waals surface area (Å²) in [4.78, 5) is 0. The van der Waals surface area contributed by atoms with E-state index in [4.69, 9.17) is 4.52 Å². The molecule has 120 valence electrons. The first-order chi connectivity index (χ1) is 11.7. The first-order valence-electron chi connectivity index (χ1n) is 7.94. The fourth-order valence-corrected chi connectivity index (χ4v) is 5.38. The van der Waals surface area contributed by atoms with E-state index in [-0.39, 0.29) is 0 Å². The summed E-state index contributed by atoms with van der Waals surface area (Å²) in [6.45, 7) is 2.04. The molecule has 0 saturated heterocycles. The highest BCUT2D eigenvalue weighted by molar-refractivity contribution is 7.67. The molecule has 0 aliphatic carbocycles. The van der Waals surface area contributed by atoms with E-state index in [1.165, 1.54) is 5.56 Å². The van der Waals surface area contributed by atoms with Crippen LogP contribution in [0.4, 0.5) is 5.69 Å². The van der Waals surface area contributed by atoms with Crippen molar-refractivity contribution in [1.82, 2.24) is 0 Å². The molecule has 0 saturated carbocycles. The predicted octanol–water partition coefficient (Wildman–Crippen LogP) is 5.10. The maximum absolute atomic E-state index is 13.9. The first-order valence-corrected chi connectivity index (χ1v) is 9.63. The molecular weight excluding hydrogens is 317 g/mol. The van der Waals surface area contributed by atoms with Gasteiger partial charge < -0.3 is 9.84 Å². The topological polar surface area (TPSA) is 38.3 Å². The average Bonchev–Trinajstić information content (AvgIpc) is 2.63. The van der Waals surface area contributed by atoms with Crippen molar-refractivity contribution in [2.75, 3.05) is 5.32 Å². The Morgan fingerprint density at radius 3 is 2.29 bits per heavy atom. The first kappa shape index (κ1) is 15.0. The van der Waals surface area contributed by atoms with E-state index in [0.29, 0.717) is 5.75 Å². The van der Waals surface area contributed by atoms with Gasteiger partial charge in [0.05, 0.1) is 11.0 Å². The molecule has 1 N–H and O–H groups in total. The van der Waals surface area contributed by atoms with E-state index in [2.05, 4.69) is 5.32 Å². The second-order valence-corrected chi connectivity index (χ2v) is 8.39. The predicted molar refractivity (Wildman–Crippen MR) is 98.3 cm³/mol. The lowest BCUT2D eigenvalue weighted by atomic mass is 10.1. The Bertz CT molecular complexity index is 906. The third-order valence-electron chi connectivity index (χ3n) is 4.26. The molecule has 1 aliphatic rings. The highest BCUT2D eigenvalue weighted by atomic mass is 31.2. The van der Waals surface area contributed by atoms with Crippen molar-refractivity contribution >= 4 is 18.4 Å². The van der Waals surface area contributed by atoms with Gasteiger partial charge in [-0.05, 0) is 36.8 Å². The summed E-state index contributed by atoms with van der Waals surface area (Å²) in [7, 11) is -3.16. The maximum atomic E-state index is 13.9. The van der Waals surface area contributed by atoms with Crippen molar-refractivity contribution in [3.8, 4) is 5.75 Å². The summed E-state index contributed by atoms with van der Waals surface area (Å²) in [6, 6.07) is 25.2. The molecule has 0 fully saturated rings. The van der Waals surface area contributed by atoms with Crippen molar-refractivity contribution < 1.29 is 9.09 Å². The van der Waals surface area contributed by atoms with Gasteiger partial charge >= 0.3 is 7.37 Å². The van der Waals surface area contributed by atoms with Gasteiger partial charge in [-0.2, -0.15) is 0 Å². The Kier molecular flexibility index (Phi) is 3.66. The van der Waals surface area contributed by atoms with Crippen LogP contribution < -0.4 is 15.1 Å². The molecule has 0 unspecified atom stereocenters. The van der Waals surface area contributed by atoms with E-state index in [1.807, 2.05) is 85.8 Å². The minimum absolute atomic E-state index is 0.407. The molecule has 4 heteroatoms. The van der Waals surface area contributed by atoms with Gasteiger partial charge in [-0.15, -0.1) is 0 Å². The lowest BCUT2D eigenvalue weighted by Crippen LogP contribution is -2.25. The fourth-order valence-electron chi connectivity index (χ4n) is 2.96. The standard InChI is InChI=1S/C20H18NO2P/c1-15-11-13-16(14-12-15)20-21-18-9-5-6-10-19(18)23-24(20,22)17-7-3-2-4-8-17/h2-14,20-21H,1H3/t20-,24-/m0/s1. The minimum Gasteiger partial charge on any atom is -0.436 e. The summed E-state index contributed by atoms with van der Waals surface area (Å²) in [6.07, 6.45) is 0. The molecular formula is C20H18NO2P. The van der Waals surface area contributed by atoms with Crippen LogP contribution in [0.2, 0.25) is 0 Å². The molecule has 24 heavy (non-hydrogen) atoms.